The Kier molecular flexibility index (Phi) is 15.9. The van der Waals surface area contributed by atoms with Crippen molar-refractivity contribution in [2.75, 3.05) is 39.6 Å². The fourth-order valence-corrected chi connectivity index (χ4v) is 2.38. The van der Waals surface area contributed by atoms with Crippen molar-refractivity contribution in [1.82, 2.24) is 0 Å². The minimum atomic E-state index is -0.119. The molecule has 0 bridgehead atoms. The van der Waals surface area contributed by atoms with Crippen LogP contribution in [-0.2, 0) is 14.2 Å². The summed E-state index contributed by atoms with van der Waals surface area (Å²) in [5.74, 6) is 2.52. The molecule has 0 radical (unpaired) electrons. The molecule has 0 aromatic rings. The van der Waals surface area contributed by atoms with Gasteiger partial charge >= 0.3 is 0 Å². The third kappa shape index (κ3) is 14.7. The molecule has 0 amide bonds. The van der Waals surface area contributed by atoms with Crippen molar-refractivity contribution in [1.29, 1.82) is 0 Å². The summed E-state index contributed by atoms with van der Waals surface area (Å²) in [6, 6.07) is 0. The highest BCUT2D eigenvalue weighted by molar-refractivity contribution is 4.84. The molecule has 0 N–H and O–H groups in total. The van der Waals surface area contributed by atoms with E-state index in [1.165, 1.54) is 38.5 Å². The van der Waals surface area contributed by atoms with E-state index in [2.05, 4.69) is 26.7 Å². The van der Waals surface area contributed by atoms with Crippen LogP contribution in [0.1, 0.15) is 72.1 Å². The van der Waals surface area contributed by atoms with E-state index in [4.69, 9.17) is 20.6 Å². The summed E-state index contributed by atoms with van der Waals surface area (Å²) in [6.45, 7) is 10.5. The van der Waals surface area contributed by atoms with Gasteiger partial charge in [0.15, 0.2) is 0 Å². The van der Waals surface area contributed by atoms with Crippen LogP contribution in [0.4, 0.5) is 0 Å². The average molecular weight is 327 g/mol. The Morgan fingerprint density at radius 3 is 1.65 bits per heavy atom. The summed E-state index contributed by atoms with van der Waals surface area (Å²) >= 11 is 0. The highest BCUT2D eigenvalue weighted by atomic mass is 16.5. The molecule has 23 heavy (non-hydrogen) atoms. The predicted octanol–water partition coefficient (Wildman–Crippen LogP) is 4.84. The van der Waals surface area contributed by atoms with Crippen molar-refractivity contribution in [3.05, 3.63) is 0 Å². The van der Waals surface area contributed by atoms with Crippen LogP contribution < -0.4 is 0 Å². The van der Waals surface area contributed by atoms with E-state index in [0.29, 0.717) is 26.4 Å². The van der Waals surface area contributed by atoms with E-state index in [1.807, 2.05) is 0 Å². The van der Waals surface area contributed by atoms with E-state index >= 15 is 0 Å². The van der Waals surface area contributed by atoms with Gasteiger partial charge in [0.2, 0.25) is 0 Å². The van der Waals surface area contributed by atoms with Gasteiger partial charge in [-0.1, -0.05) is 65.2 Å². The lowest BCUT2D eigenvalue weighted by atomic mass is 9.94. The first-order chi connectivity index (χ1) is 11.2. The monoisotopic (exact) mass is 326 g/mol. The van der Waals surface area contributed by atoms with E-state index < -0.39 is 0 Å². The lowest BCUT2D eigenvalue weighted by molar-refractivity contribution is -0.0559. The predicted molar refractivity (Wildman–Crippen MR) is 97.7 cm³/mol. The maximum Gasteiger partial charge on any atom is 0.107 e. The van der Waals surface area contributed by atoms with Crippen LogP contribution in [0.5, 0.6) is 0 Å². The molecule has 0 saturated carbocycles. The van der Waals surface area contributed by atoms with E-state index in [0.717, 1.165) is 26.1 Å². The van der Waals surface area contributed by atoms with Crippen molar-refractivity contribution in [3.8, 4) is 12.3 Å². The van der Waals surface area contributed by atoms with Crippen LogP contribution >= 0.6 is 0 Å². The van der Waals surface area contributed by atoms with Gasteiger partial charge in [-0.05, 0) is 12.8 Å². The molecule has 0 spiro atoms. The second kappa shape index (κ2) is 16.3. The molecule has 136 valence electrons. The van der Waals surface area contributed by atoms with Gasteiger partial charge in [-0.3, -0.25) is 0 Å². The standard InChI is InChI=1S/C20H38O3/c1-5-8-10-12-15-22-18-20(4,17-21-14-7-3)19-23-16-13-11-9-6-2/h3H,5-6,8-19H2,1-2,4H3. The third-order valence-corrected chi connectivity index (χ3v) is 3.82. The molecule has 0 heterocycles. The molecule has 0 aromatic carbocycles. The third-order valence-electron chi connectivity index (χ3n) is 3.82. The summed E-state index contributed by atoms with van der Waals surface area (Å²) in [7, 11) is 0. The number of terminal acetylenes is 1. The van der Waals surface area contributed by atoms with Crippen LogP contribution in [0.15, 0.2) is 0 Å². The Bertz CT molecular complexity index is 267. The Morgan fingerprint density at radius 2 is 1.22 bits per heavy atom. The van der Waals surface area contributed by atoms with Gasteiger partial charge in [-0.25, -0.2) is 0 Å². The summed E-state index contributed by atoms with van der Waals surface area (Å²) in [4.78, 5) is 0. The minimum absolute atomic E-state index is 0.119. The quantitative estimate of drug-likeness (QED) is 0.283. The number of hydrogen-bond acceptors (Lipinski definition) is 3. The van der Waals surface area contributed by atoms with Crippen molar-refractivity contribution in [2.45, 2.75) is 72.1 Å². The highest BCUT2D eigenvalue weighted by Gasteiger charge is 2.25. The zero-order chi connectivity index (χ0) is 17.2. The molecule has 3 nitrogen and oxygen atoms in total. The zero-order valence-electron chi connectivity index (χ0n) is 15.7. The Balaban J connectivity index is 3.95. The molecule has 0 fully saturated rings. The summed E-state index contributed by atoms with van der Waals surface area (Å²) < 4.78 is 17.3. The molecule has 0 rings (SSSR count). The first-order valence-electron chi connectivity index (χ1n) is 9.35. The largest absolute Gasteiger partial charge is 0.381 e. The van der Waals surface area contributed by atoms with Gasteiger partial charge < -0.3 is 14.2 Å². The lowest BCUT2D eigenvalue weighted by Gasteiger charge is -2.28. The van der Waals surface area contributed by atoms with Crippen molar-refractivity contribution in [3.63, 3.8) is 0 Å². The molecule has 0 atom stereocenters. The van der Waals surface area contributed by atoms with Crippen LogP contribution in [0, 0.1) is 17.8 Å². The van der Waals surface area contributed by atoms with Gasteiger partial charge in [0.25, 0.3) is 0 Å². The smallest absolute Gasteiger partial charge is 0.107 e. The van der Waals surface area contributed by atoms with Crippen molar-refractivity contribution in [2.24, 2.45) is 5.41 Å². The number of ether oxygens (including phenoxy) is 3. The minimum Gasteiger partial charge on any atom is -0.381 e. The Hall–Kier alpha value is -0.560. The molecule has 3 heteroatoms. The Labute approximate surface area is 144 Å². The SMILES string of the molecule is C#CCOCC(C)(COCCCCCC)COCCCCCC. The van der Waals surface area contributed by atoms with Gasteiger partial charge in [0, 0.05) is 18.6 Å². The molecular formula is C20H38O3. The molecule has 0 aliphatic rings. The first-order valence-corrected chi connectivity index (χ1v) is 9.35. The Morgan fingerprint density at radius 1 is 0.739 bits per heavy atom. The molecule has 0 aliphatic heterocycles. The van der Waals surface area contributed by atoms with Crippen LogP contribution in [-0.4, -0.2) is 39.6 Å². The van der Waals surface area contributed by atoms with E-state index in [9.17, 15) is 0 Å². The maximum absolute atomic E-state index is 5.86. The topological polar surface area (TPSA) is 27.7 Å². The second-order valence-corrected chi connectivity index (χ2v) is 6.73. The van der Waals surface area contributed by atoms with Crippen LogP contribution in [0.3, 0.4) is 0 Å². The molecule has 0 saturated heterocycles. The lowest BCUT2D eigenvalue weighted by Crippen LogP contribution is -2.34. The molecule has 0 aliphatic carbocycles. The summed E-state index contributed by atoms with van der Waals surface area (Å²) in [5.41, 5.74) is -0.119. The van der Waals surface area contributed by atoms with Gasteiger partial charge in [0.1, 0.15) is 6.61 Å². The van der Waals surface area contributed by atoms with Crippen molar-refractivity contribution < 1.29 is 14.2 Å². The fraction of sp³-hybridized carbons (Fsp3) is 0.900. The van der Waals surface area contributed by atoms with Gasteiger partial charge in [0.05, 0.1) is 19.8 Å². The van der Waals surface area contributed by atoms with Crippen LogP contribution in [0.25, 0.3) is 0 Å². The molecule has 0 aromatic heterocycles. The average Bonchev–Trinajstić information content (AvgIpc) is 2.54. The van der Waals surface area contributed by atoms with Gasteiger partial charge in [-0.15, -0.1) is 6.42 Å². The maximum atomic E-state index is 5.86. The summed E-state index contributed by atoms with van der Waals surface area (Å²) in [5, 5.41) is 0. The normalized spacial score (nSPS) is 11.6. The molecule has 0 unspecified atom stereocenters. The zero-order valence-corrected chi connectivity index (χ0v) is 15.7. The number of unbranched alkanes of at least 4 members (excludes halogenated alkanes) is 6. The van der Waals surface area contributed by atoms with Gasteiger partial charge in [-0.2, -0.15) is 0 Å². The highest BCUT2D eigenvalue weighted by Crippen LogP contribution is 2.19. The first kappa shape index (κ1) is 22.4. The van der Waals surface area contributed by atoms with Crippen molar-refractivity contribution >= 4 is 0 Å². The summed E-state index contributed by atoms with van der Waals surface area (Å²) in [6.07, 6.45) is 15.1. The van der Waals surface area contributed by atoms with Crippen LogP contribution in [0.2, 0.25) is 0 Å². The number of hydrogen-bond donors (Lipinski definition) is 0. The number of rotatable bonds is 17. The van der Waals surface area contributed by atoms with E-state index in [-0.39, 0.29) is 5.41 Å². The second-order valence-electron chi connectivity index (χ2n) is 6.73. The van der Waals surface area contributed by atoms with E-state index in [1.54, 1.807) is 0 Å². The molecular weight excluding hydrogens is 288 g/mol. The fourth-order valence-electron chi connectivity index (χ4n) is 2.38.